The van der Waals surface area contributed by atoms with Gasteiger partial charge in [0.2, 0.25) is 0 Å². The van der Waals surface area contributed by atoms with Gasteiger partial charge in [0.15, 0.2) is 0 Å². The van der Waals surface area contributed by atoms with Crippen LogP contribution in [0.1, 0.15) is 45.6 Å². The van der Waals surface area contributed by atoms with E-state index >= 15 is 0 Å². The molecule has 0 spiro atoms. The van der Waals surface area contributed by atoms with Crippen molar-refractivity contribution < 1.29 is 9.47 Å². The average Bonchev–Trinajstić information content (AvgIpc) is 3.14. The number of ether oxygens (including phenoxy) is 2. The van der Waals surface area contributed by atoms with E-state index in [9.17, 15) is 0 Å². The standard InChI is InChI=1S/C44H28Br2O2/c45-33-16-18-35-31(23-33)14-20-41-39(35)25-37(43(47-41)27-8-3-1-4-9-27)29-12-7-13-30(22-29)38-26-40-36-19-17-34(46)24-32(36)15-21-42(40)48-44(38)28-10-5-2-6-11-28/h1-26,43-44H. The van der Waals surface area contributed by atoms with Crippen LogP contribution in [0.2, 0.25) is 0 Å². The number of hydrogen-bond donors (Lipinski definition) is 0. The van der Waals surface area contributed by atoms with E-state index in [-0.39, 0.29) is 12.2 Å². The third-order valence-corrected chi connectivity index (χ3v) is 10.3. The molecule has 4 heteroatoms. The van der Waals surface area contributed by atoms with Crippen LogP contribution in [0, 0.1) is 0 Å². The van der Waals surface area contributed by atoms with Crippen LogP contribution < -0.4 is 9.47 Å². The molecule has 0 saturated carbocycles. The number of rotatable bonds is 4. The molecule has 0 bridgehead atoms. The lowest BCUT2D eigenvalue weighted by Gasteiger charge is -2.31. The molecule has 0 aromatic heterocycles. The lowest BCUT2D eigenvalue weighted by Crippen LogP contribution is -2.16. The minimum Gasteiger partial charge on any atom is -0.480 e. The van der Waals surface area contributed by atoms with Crippen LogP contribution in [0.25, 0.3) is 44.8 Å². The van der Waals surface area contributed by atoms with Crippen LogP contribution in [-0.2, 0) is 0 Å². The van der Waals surface area contributed by atoms with Crippen molar-refractivity contribution in [2.45, 2.75) is 12.2 Å². The molecule has 230 valence electrons. The Balaban J connectivity index is 1.24. The summed E-state index contributed by atoms with van der Waals surface area (Å²) in [5.41, 5.74) is 8.89. The van der Waals surface area contributed by atoms with Crippen molar-refractivity contribution in [1.82, 2.24) is 0 Å². The van der Waals surface area contributed by atoms with E-state index in [2.05, 4.69) is 190 Å². The lowest BCUT2D eigenvalue weighted by atomic mass is 9.86. The van der Waals surface area contributed by atoms with Gasteiger partial charge in [0, 0.05) is 31.2 Å². The molecule has 48 heavy (non-hydrogen) atoms. The summed E-state index contributed by atoms with van der Waals surface area (Å²) in [6, 6.07) is 51.2. The zero-order valence-electron chi connectivity index (χ0n) is 25.7. The largest absolute Gasteiger partial charge is 0.480 e. The molecule has 0 aliphatic carbocycles. The van der Waals surface area contributed by atoms with Gasteiger partial charge in [-0.25, -0.2) is 0 Å². The zero-order valence-corrected chi connectivity index (χ0v) is 28.9. The number of benzene rings is 7. The first-order valence-electron chi connectivity index (χ1n) is 16.0. The first-order chi connectivity index (χ1) is 23.6. The highest BCUT2D eigenvalue weighted by Crippen LogP contribution is 2.48. The van der Waals surface area contributed by atoms with Crippen LogP contribution in [0.15, 0.2) is 155 Å². The SMILES string of the molecule is Brc1ccc2c3c(ccc2c1)OC(c1ccccc1)C(c1cccc(C2=Cc4c(ccc5cc(Br)ccc45)OC2c2ccccc2)c1)=C3. The predicted octanol–water partition coefficient (Wildman–Crippen LogP) is 12.9. The van der Waals surface area contributed by atoms with E-state index < -0.39 is 0 Å². The maximum Gasteiger partial charge on any atom is 0.149 e. The Morgan fingerprint density at radius 2 is 0.875 bits per heavy atom. The van der Waals surface area contributed by atoms with Gasteiger partial charge in [-0.15, -0.1) is 0 Å². The molecule has 7 aromatic carbocycles. The van der Waals surface area contributed by atoms with Gasteiger partial charge in [-0.3, -0.25) is 0 Å². The molecule has 2 aliphatic rings. The van der Waals surface area contributed by atoms with Crippen molar-refractivity contribution in [3.63, 3.8) is 0 Å². The molecule has 0 fully saturated rings. The van der Waals surface area contributed by atoms with E-state index in [1.807, 2.05) is 0 Å². The molecular formula is C44H28Br2O2. The molecule has 2 atom stereocenters. The Morgan fingerprint density at radius 3 is 1.33 bits per heavy atom. The highest BCUT2D eigenvalue weighted by Gasteiger charge is 2.30. The quantitative estimate of drug-likeness (QED) is 0.178. The van der Waals surface area contributed by atoms with Gasteiger partial charge in [0.25, 0.3) is 0 Å². The molecule has 2 unspecified atom stereocenters. The van der Waals surface area contributed by atoms with Crippen LogP contribution >= 0.6 is 31.9 Å². The minimum absolute atomic E-state index is 0.258. The molecule has 0 radical (unpaired) electrons. The summed E-state index contributed by atoms with van der Waals surface area (Å²) in [4.78, 5) is 0. The molecule has 0 saturated heterocycles. The van der Waals surface area contributed by atoms with Crippen molar-refractivity contribution in [2.75, 3.05) is 0 Å². The van der Waals surface area contributed by atoms with Gasteiger partial charge in [0.1, 0.15) is 23.7 Å². The maximum atomic E-state index is 6.88. The summed E-state index contributed by atoms with van der Waals surface area (Å²) in [5.74, 6) is 1.78. The molecule has 2 nitrogen and oxygen atoms in total. The Hall–Kier alpha value is -4.90. The van der Waals surface area contributed by atoms with E-state index in [1.165, 1.54) is 21.5 Å². The average molecular weight is 749 g/mol. The number of fused-ring (bicyclic) bond motifs is 6. The smallest absolute Gasteiger partial charge is 0.149 e. The Labute approximate surface area is 296 Å². The molecular weight excluding hydrogens is 720 g/mol. The molecule has 0 amide bonds. The van der Waals surface area contributed by atoms with E-state index in [0.29, 0.717) is 0 Å². The van der Waals surface area contributed by atoms with Crippen LogP contribution in [0.3, 0.4) is 0 Å². The van der Waals surface area contributed by atoms with Crippen LogP contribution in [0.5, 0.6) is 11.5 Å². The Bertz CT molecular complexity index is 2260. The fourth-order valence-corrected chi connectivity index (χ4v) is 7.81. The van der Waals surface area contributed by atoms with Gasteiger partial charge in [-0.2, -0.15) is 0 Å². The summed E-state index contributed by atoms with van der Waals surface area (Å²) in [7, 11) is 0. The van der Waals surface area contributed by atoms with Gasteiger partial charge < -0.3 is 9.47 Å². The van der Waals surface area contributed by atoms with E-state index in [0.717, 1.165) is 65.0 Å². The molecule has 2 heterocycles. The first kappa shape index (κ1) is 29.3. The second-order valence-corrected chi connectivity index (χ2v) is 14.1. The summed E-state index contributed by atoms with van der Waals surface area (Å²) >= 11 is 7.29. The second kappa shape index (κ2) is 12.0. The highest BCUT2D eigenvalue weighted by molar-refractivity contribution is 9.10. The summed E-state index contributed by atoms with van der Waals surface area (Å²) in [5, 5.41) is 4.67. The van der Waals surface area contributed by atoms with Crippen molar-refractivity contribution in [3.8, 4) is 11.5 Å². The Kier molecular flexibility index (Phi) is 7.29. The van der Waals surface area contributed by atoms with Gasteiger partial charge in [0.05, 0.1) is 0 Å². The maximum absolute atomic E-state index is 6.88. The topological polar surface area (TPSA) is 18.5 Å². The van der Waals surface area contributed by atoms with Crippen molar-refractivity contribution in [1.29, 1.82) is 0 Å². The van der Waals surface area contributed by atoms with Gasteiger partial charge in [-0.05, 0) is 98.4 Å². The minimum atomic E-state index is -0.258. The van der Waals surface area contributed by atoms with E-state index in [4.69, 9.17) is 9.47 Å². The zero-order chi connectivity index (χ0) is 32.2. The van der Waals surface area contributed by atoms with Crippen LogP contribution in [-0.4, -0.2) is 0 Å². The molecule has 7 aromatic rings. The predicted molar refractivity (Wildman–Crippen MR) is 205 cm³/mol. The normalized spacial score (nSPS) is 16.7. The van der Waals surface area contributed by atoms with Crippen LogP contribution in [0.4, 0.5) is 0 Å². The number of hydrogen-bond acceptors (Lipinski definition) is 2. The second-order valence-electron chi connectivity index (χ2n) is 12.3. The van der Waals surface area contributed by atoms with Gasteiger partial charge >= 0.3 is 0 Å². The first-order valence-corrected chi connectivity index (χ1v) is 17.6. The van der Waals surface area contributed by atoms with Crippen molar-refractivity contribution in [2.24, 2.45) is 0 Å². The summed E-state index contributed by atoms with van der Waals surface area (Å²) in [6.07, 6.45) is 4.14. The van der Waals surface area contributed by atoms with E-state index in [1.54, 1.807) is 0 Å². The monoisotopic (exact) mass is 746 g/mol. The molecule has 9 rings (SSSR count). The summed E-state index contributed by atoms with van der Waals surface area (Å²) < 4.78 is 15.9. The van der Waals surface area contributed by atoms with Crippen molar-refractivity contribution >= 4 is 76.7 Å². The summed E-state index contributed by atoms with van der Waals surface area (Å²) in [6.45, 7) is 0. The lowest BCUT2D eigenvalue weighted by molar-refractivity contribution is 0.261. The fraction of sp³-hybridized carbons (Fsp3) is 0.0455. The Morgan fingerprint density at radius 1 is 0.417 bits per heavy atom. The molecule has 0 N–H and O–H groups in total. The fourth-order valence-electron chi connectivity index (χ4n) is 7.05. The number of halogens is 2. The highest BCUT2D eigenvalue weighted by atomic mass is 79.9. The third kappa shape index (κ3) is 5.17. The third-order valence-electron chi connectivity index (χ3n) is 9.36. The van der Waals surface area contributed by atoms with Crippen molar-refractivity contribution in [3.05, 3.63) is 188 Å². The molecule has 2 aliphatic heterocycles. The van der Waals surface area contributed by atoms with Gasteiger partial charge in [-0.1, -0.05) is 135 Å².